The number of allylic oxidation sites excluding steroid dienone is 1. The van der Waals surface area contributed by atoms with Crippen molar-refractivity contribution in [3.8, 4) is 0 Å². The third kappa shape index (κ3) is 7.62. The smallest absolute Gasteiger partial charge is 0.187 e. The minimum absolute atomic E-state index is 0.0884. The molecule has 18 heteroatoms. The lowest BCUT2D eigenvalue weighted by molar-refractivity contribution is -0.394. The van der Waals surface area contributed by atoms with Crippen molar-refractivity contribution in [2.24, 2.45) is 46.3 Å². The van der Waals surface area contributed by atoms with E-state index in [-0.39, 0.29) is 23.9 Å². The van der Waals surface area contributed by atoms with E-state index in [0.717, 1.165) is 50.7 Å². The number of aliphatic hydroxyl groups is 10. The standard InChI is InChI=1S/C45H72O18/c1-18-8-11-45(56-17-18)19(2)30-26(63-45)14-25-23-7-6-21-12-22(13-29(48)44(21,5)24(23)9-10-43(25,30)4)58-42-39(62-40-36(54)34(52)31(49)20(3)57-40)38(33(51)28(16-47)60-42)61-41-37(55)35(53)32(50)27(15-46)59-41/h6,18-20,22-42,46-55H,7-17H2,1-5H3/t18-,19+,20+,22-,23-,24+,25+,26+,27-,28-,29-,30+,31+,32-,33-,34-,35+,36-,37-,38+,39-,40+,41+,42-,43+,44+,45-/m1/s1. The van der Waals surface area contributed by atoms with E-state index in [0.29, 0.717) is 36.0 Å². The number of rotatable bonds is 8. The molecule has 0 aromatic rings. The Morgan fingerprint density at radius 3 is 2.02 bits per heavy atom. The van der Waals surface area contributed by atoms with Gasteiger partial charge in [0.05, 0.1) is 44.2 Å². The fourth-order valence-electron chi connectivity index (χ4n) is 14.1. The van der Waals surface area contributed by atoms with E-state index < -0.39 is 129 Å². The first-order chi connectivity index (χ1) is 29.9. The van der Waals surface area contributed by atoms with Crippen LogP contribution in [0.5, 0.6) is 0 Å². The van der Waals surface area contributed by atoms with E-state index in [4.69, 9.17) is 37.9 Å². The Morgan fingerprint density at radius 2 is 1.33 bits per heavy atom. The van der Waals surface area contributed by atoms with Gasteiger partial charge in [0, 0.05) is 24.2 Å². The second-order valence-electron chi connectivity index (χ2n) is 21.2. The summed E-state index contributed by atoms with van der Waals surface area (Å²) in [6.45, 7) is 9.93. The number of ether oxygens (including phenoxy) is 8. The van der Waals surface area contributed by atoms with E-state index in [1.807, 2.05) is 0 Å². The van der Waals surface area contributed by atoms with Gasteiger partial charge in [-0.1, -0.05) is 39.3 Å². The summed E-state index contributed by atoms with van der Waals surface area (Å²) in [5.74, 6) is 1.75. The van der Waals surface area contributed by atoms with Crippen LogP contribution in [-0.2, 0) is 37.9 Å². The van der Waals surface area contributed by atoms with E-state index in [2.05, 4.69) is 33.8 Å². The number of hydrogen-bond acceptors (Lipinski definition) is 18. The van der Waals surface area contributed by atoms with E-state index in [1.165, 1.54) is 6.92 Å². The van der Waals surface area contributed by atoms with Crippen molar-refractivity contribution in [3.63, 3.8) is 0 Å². The summed E-state index contributed by atoms with van der Waals surface area (Å²) in [6.07, 6.45) is -16.5. The molecule has 5 aliphatic heterocycles. The van der Waals surface area contributed by atoms with Gasteiger partial charge in [-0.05, 0) is 80.5 Å². The Balaban J connectivity index is 0.956. The van der Waals surface area contributed by atoms with Crippen LogP contribution < -0.4 is 0 Å². The molecule has 9 rings (SSSR count). The first-order valence-corrected chi connectivity index (χ1v) is 23.5. The van der Waals surface area contributed by atoms with Crippen molar-refractivity contribution in [1.29, 1.82) is 0 Å². The van der Waals surface area contributed by atoms with Gasteiger partial charge in [-0.2, -0.15) is 0 Å². The highest BCUT2D eigenvalue weighted by Gasteiger charge is 2.69. The molecule has 63 heavy (non-hydrogen) atoms. The normalized spacial score (nSPS) is 58.1. The molecule has 18 nitrogen and oxygen atoms in total. The lowest BCUT2D eigenvalue weighted by Crippen LogP contribution is -2.67. The lowest BCUT2D eigenvalue weighted by atomic mass is 9.46. The lowest BCUT2D eigenvalue weighted by Gasteiger charge is -2.60. The predicted molar refractivity (Wildman–Crippen MR) is 216 cm³/mol. The van der Waals surface area contributed by atoms with Gasteiger partial charge in [0.15, 0.2) is 24.7 Å². The summed E-state index contributed by atoms with van der Waals surface area (Å²) >= 11 is 0. The average Bonchev–Trinajstić information content (AvgIpc) is 3.71. The first-order valence-electron chi connectivity index (χ1n) is 23.5. The molecule has 27 atom stereocenters. The summed E-state index contributed by atoms with van der Waals surface area (Å²) in [5.41, 5.74) is 0.624. The van der Waals surface area contributed by atoms with E-state index in [9.17, 15) is 51.1 Å². The molecular weight excluding hydrogens is 828 g/mol. The van der Waals surface area contributed by atoms with Gasteiger partial charge in [-0.3, -0.25) is 0 Å². The largest absolute Gasteiger partial charge is 0.394 e. The van der Waals surface area contributed by atoms with Crippen LogP contribution in [0.15, 0.2) is 11.6 Å². The van der Waals surface area contributed by atoms with Crippen LogP contribution in [0, 0.1) is 46.3 Å². The van der Waals surface area contributed by atoms with Gasteiger partial charge in [0.25, 0.3) is 0 Å². The molecule has 0 aromatic heterocycles. The molecule has 4 aliphatic carbocycles. The van der Waals surface area contributed by atoms with Crippen LogP contribution in [0.3, 0.4) is 0 Å². The van der Waals surface area contributed by atoms with Crippen molar-refractivity contribution >= 4 is 0 Å². The predicted octanol–water partition coefficient (Wildman–Crippen LogP) is -0.815. The molecule has 0 radical (unpaired) electrons. The Bertz CT molecular complexity index is 1640. The summed E-state index contributed by atoms with van der Waals surface area (Å²) in [4.78, 5) is 0. The molecular formula is C45H72O18. The molecule has 0 unspecified atom stereocenters. The van der Waals surface area contributed by atoms with Crippen LogP contribution in [-0.4, -0.2) is 187 Å². The fourth-order valence-corrected chi connectivity index (χ4v) is 14.1. The van der Waals surface area contributed by atoms with Crippen molar-refractivity contribution < 1.29 is 89.0 Å². The molecule has 1 spiro atoms. The van der Waals surface area contributed by atoms with Gasteiger partial charge in [-0.15, -0.1) is 0 Å². The summed E-state index contributed by atoms with van der Waals surface area (Å²) in [5, 5.41) is 108. The van der Waals surface area contributed by atoms with E-state index >= 15 is 0 Å². The molecule has 0 bridgehead atoms. The molecule has 5 saturated heterocycles. The first kappa shape index (κ1) is 47.1. The van der Waals surface area contributed by atoms with Gasteiger partial charge in [0.2, 0.25) is 0 Å². The van der Waals surface area contributed by atoms with Gasteiger partial charge in [0.1, 0.15) is 67.1 Å². The highest BCUT2D eigenvalue weighted by molar-refractivity contribution is 5.28. The second kappa shape index (κ2) is 17.5. The quantitative estimate of drug-likeness (QED) is 0.133. The Kier molecular flexibility index (Phi) is 13.1. The number of fused-ring (bicyclic) bond motifs is 7. The second-order valence-corrected chi connectivity index (χ2v) is 21.2. The van der Waals surface area contributed by atoms with Gasteiger partial charge >= 0.3 is 0 Å². The molecule has 360 valence electrons. The van der Waals surface area contributed by atoms with Crippen molar-refractivity contribution in [3.05, 3.63) is 11.6 Å². The number of aliphatic hydroxyl groups excluding tert-OH is 10. The van der Waals surface area contributed by atoms with Crippen molar-refractivity contribution in [2.45, 2.75) is 202 Å². The minimum atomic E-state index is -1.88. The Labute approximate surface area is 368 Å². The number of hydrogen-bond donors (Lipinski definition) is 10. The van der Waals surface area contributed by atoms with Crippen LogP contribution in [0.25, 0.3) is 0 Å². The summed E-state index contributed by atoms with van der Waals surface area (Å²) in [6, 6.07) is 0. The van der Waals surface area contributed by atoms with E-state index in [1.54, 1.807) is 0 Å². The topological polar surface area (TPSA) is 276 Å². The molecule has 0 amide bonds. The summed E-state index contributed by atoms with van der Waals surface area (Å²) in [7, 11) is 0. The molecule has 0 aromatic carbocycles. The van der Waals surface area contributed by atoms with Crippen molar-refractivity contribution in [2.75, 3.05) is 19.8 Å². The molecule has 8 fully saturated rings. The molecule has 5 heterocycles. The maximum Gasteiger partial charge on any atom is 0.187 e. The zero-order valence-corrected chi connectivity index (χ0v) is 37.0. The zero-order chi connectivity index (χ0) is 45.1. The van der Waals surface area contributed by atoms with Crippen LogP contribution in [0.4, 0.5) is 0 Å². The Morgan fingerprint density at radius 1 is 0.683 bits per heavy atom. The summed E-state index contributed by atoms with van der Waals surface area (Å²) < 4.78 is 50.0. The van der Waals surface area contributed by atoms with Crippen LogP contribution >= 0.6 is 0 Å². The highest BCUT2D eigenvalue weighted by atomic mass is 16.8. The van der Waals surface area contributed by atoms with Crippen LogP contribution in [0.2, 0.25) is 0 Å². The zero-order valence-electron chi connectivity index (χ0n) is 37.0. The van der Waals surface area contributed by atoms with Gasteiger partial charge < -0.3 is 89.0 Å². The highest BCUT2D eigenvalue weighted by Crippen LogP contribution is 2.70. The maximum absolute atomic E-state index is 12.3. The Hall–Kier alpha value is -0.980. The monoisotopic (exact) mass is 900 g/mol. The van der Waals surface area contributed by atoms with Crippen LogP contribution in [0.1, 0.15) is 86.0 Å². The SMILES string of the molecule is C[C@@H]1CC[C@@]2(OC1)O[C@H]1C[C@H]3[C@@H]4CC=C5C[C@@H](O[C@@H]6O[C@H](CO)[C@@H](O)[C@H](O[C@@H]7O[C@H](CO)[C@@H](O)[C@H](O)[C@H]7O)[C@H]6O[C@@H]6O[C@@H](C)[C@H](O)[C@@H](O)[C@H]6O)C[C@@H](O)[C@]5(C)[C@H]4CC[C@]3(C)[C@H]1[C@@H]2C. The van der Waals surface area contributed by atoms with Gasteiger partial charge in [-0.25, -0.2) is 0 Å². The fraction of sp³-hybridized carbons (Fsp3) is 0.956. The average molecular weight is 901 g/mol. The molecule has 3 saturated carbocycles. The minimum Gasteiger partial charge on any atom is -0.394 e. The molecule has 9 aliphatic rings. The molecule has 10 N–H and O–H groups in total. The third-order valence-electron chi connectivity index (χ3n) is 17.8. The maximum atomic E-state index is 12.3. The third-order valence-corrected chi connectivity index (χ3v) is 17.8. The van der Waals surface area contributed by atoms with Crippen molar-refractivity contribution in [1.82, 2.24) is 0 Å².